The Morgan fingerprint density at radius 3 is 1.58 bits per heavy atom. The maximum atomic E-state index is 13.1. The molecule has 2 rings (SSSR count). The SMILES string of the molecule is CCCCCCCC/C=C/CC/C=C/CC/C=C/C(O)C(COC1OC(CO)C(OC2OC(CO)C(O)C(O)C2O)C(O)C1O)NC(=O)CCCCCCCCCCCCCC. The Hall–Kier alpha value is -1.79. The van der Waals surface area contributed by atoms with E-state index in [1.54, 1.807) is 6.08 Å². The minimum absolute atomic E-state index is 0.256. The molecule has 2 heterocycles. The summed E-state index contributed by atoms with van der Waals surface area (Å²) >= 11 is 0. The maximum absolute atomic E-state index is 13.1. The van der Waals surface area contributed by atoms with Gasteiger partial charge in [-0.1, -0.05) is 153 Å². The third-order valence-corrected chi connectivity index (χ3v) is 11.8. The number of carbonyl (C=O) groups excluding carboxylic acids is 1. The predicted molar refractivity (Wildman–Crippen MR) is 240 cm³/mol. The van der Waals surface area contributed by atoms with Crippen molar-refractivity contribution in [3.63, 3.8) is 0 Å². The van der Waals surface area contributed by atoms with Crippen LogP contribution in [0.2, 0.25) is 0 Å². The summed E-state index contributed by atoms with van der Waals surface area (Å²) in [6.07, 6.45) is 21.9. The molecule has 12 unspecified atom stereocenters. The second kappa shape index (κ2) is 35.5. The van der Waals surface area contributed by atoms with E-state index in [0.29, 0.717) is 12.8 Å². The molecule has 12 atom stereocenters. The molecule has 0 radical (unpaired) electrons. The van der Waals surface area contributed by atoms with Crippen LogP contribution in [0, 0.1) is 0 Å². The van der Waals surface area contributed by atoms with Gasteiger partial charge in [-0.25, -0.2) is 0 Å². The summed E-state index contributed by atoms with van der Waals surface area (Å²) in [7, 11) is 0. The van der Waals surface area contributed by atoms with E-state index in [1.807, 2.05) is 6.08 Å². The number of carbonyl (C=O) groups is 1. The number of aliphatic hydroxyl groups excluding tert-OH is 8. The van der Waals surface area contributed by atoms with Crippen LogP contribution in [0.5, 0.6) is 0 Å². The molecule has 9 N–H and O–H groups in total. The molecule has 2 aliphatic heterocycles. The lowest BCUT2D eigenvalue weighted by Crippen LogP contribution is -2.65. The van der Waals surface area contributed by atoms with Crippen LogP contribution in [0.4, 0.5) is 0 Å². The van der Waals surface area contributed by atoms with Crippen molar-refractivity contribution >= 4 is 5.91 Å². The smallest absolute Gasteiger partial charge is 0.220 e. The molecule has 362 valence electrons. The van der Waals surface area contributed by atoms with E-state index in [2.05, 4.69) is 43.5 Å². The predicted octanol–water partition coefficient (Wildman–Crippen LogP) is 5.54. The molecule has 0 aliphatic carbocycles. The van der Waals surface area contributed by atoms with Crippen molar-refractivity contribution in [3.05, 3.63) is 36.5 Å². The van der Waals surface area contributed by atoms with E-state index in [9.17, 15) is 45.6 Å². The number of ether oxygens (including phenoxy) is 4. The molecule has 1 amide bonds. The summed E-state index contributed by atoms with van der Waals surface area (Å²) in [6.45, 7) is 2.72. The molecular formula is C48H87NO13. The normalized spacial score (nSPS) is 28.0. The van der Waals surface area contributed by atoms with Crippen LogP contribution >= 0.6 is 0 Å². The molecule has 0 saturated carbocycles. The van der Waals surface area contributed by atoms with Gasteiger partial charge in [0.1, 0.15) is 48.8 Å². The molecular weight excluding hydrogens is 799 g/mol. The van der Waals surface area contributed by atoms with Crippen LogP contribution in [-0.4, -0.2) is 140 Å². The third-order valence-electron chi connectivity index (χ3n) is 11.8. The number of amides is 1. The van der Waals surface area contributed by atoms with E-state index in [4.69, 9.17) is 18.9 Å². The van der Waals surface area contributed by atoms with Crippen molar-refractivity contribution in [1.29, 1.82) is 0 Å². The number of hydrogen-bond acceptors (Lipinski definition) is 13. The van der Waals surface area contributed by atoms with Crippen LogP contribution in [-0.2, 0) is 23.7 Å². The first kappa shape index (κ1) is 56.3. The van der Waals surface area contributed by atoms with Crippen molar-refractivity contribution in [2.75, 3.05) is 19.8 Å². The van der Waals surface area contributed by atoms with Gasteiger partial charge in [0.2, 0.25) is 5.91 Å². The fourth-order valence-corrected chi connectivity index (χ4v) is 7.79. The Bertz CT molecular complexity index is 1190. The largest absolute Gasteiger partial charge is 0.394 e. The van der Waals surface area contributed by atoms with Gasteiger partial charge >= 0.3 is 0 Å². The Kier molecular flexibility index (Phi) is 32.2. The molecule has 0 aromatic rings. The molecule has 0 bridgehead atoms. The second-order valence-corrected chi connectivity index (χ2v) is 17.2. The van der Waals surface area contributed by atoms with Gasteiger partial charge in [0, 0.05) is 6.42 Å². The lowest BCUT2D eigenvalue weighted by atomic mass is 9.97. The molecule has 2 aliphatic rings. The molecule has 2 fully saturated rings. The first-order valence-electron chi connectivity index (χ1n) is 24.2. The van der Waals surface area contributed by atoms with E-state index >= 15 is 0 Å². The van der Waals surface area contributed by atoms with Crippen LogP contribution in [0.1, 0.15) is 168 Å². The standard InChI is InChI=1S/C48H87NO13/c1-3-5-7-9-11-13-15-17-18-19-20-21-23-25-27-29-31-37(52)36(49-40(53)32-30-28-26-24-22-16-14-12-10-8-6-4-2)35-59-47-45(58)43(56)46(39(34-51)61-47)62-48-44(57)42(55)41(54)38(33-50)60-48/h17-18,21,23,29,31,36-39,41-48,50-52,54-58H,3-16,19-20,22,24-28,30,32-35H2,1-2H3,(H,49,53)/b18-17+,23-21+,31-29+. The van der Waals surface area contributed by atoms with Crippen LogP contribution in [0.25, 0.3) is 0 Å². The fourth-order valence-electron chi connectivity index (χ4n) is 7.79. The Morgan fingerprint density at radius 2 is 1.03 bits per heavy atom. The van der Waals surface area contributed by atoms with Crippen molar-refractivity contribution in [1.82, 2.24) is 5.32 Å². The van der Waals surface area contributed by atoms with E-state index in [-0.39, 0.29) is 18.9 Å². The molecule has 0 aromatic carbocycles. The third kappa shape index (κ3) is 22.9. The summed E-state index contributed by atoms with van der Waals surface area (Å²) in [5.41, 5.74) is 0. The van der Waals surface area contributed by atoms with Crippen molar-refractivity contribution in [2.24, 2.45) is 0 Å². The molecule has 14 heteroatoms. The zero-order valence-electron chi connectivity index (χ0n) is 38.1. The fraction of sp³-hybridized carbons (Fsp3) is 0.854. The van der Waals surface area contributed by atoms with Gasteiger partial charge < -0.3 is 65.1 Å². The zero-order chi connectivity index (χ0) is 45.4. The van der Waals surface area contributed by atoms with Gasteiger partial charge in [0.15, 0.2) is 12.6 Å². The van der Waals surface area contributed by atoms with Crippen molar-refractivity contribution in [3.8, 4) is 0 Å². The highest BCUT2D eigenvalue weighted by Crippen LogP contribution is 2.30. The quantitative estimate of drug-likeness (QED) is 0.0279. The maximum Gasteiger partial charge on any atom is 0.220 e. The van der Waals surface area contributed by atoms with Gasteiger partial charge in [0.25, 0.3) is 0 Å². The van der Waals surface area contributed by atoms with E-state index in [0.717, 1.165) is 44.9 Å². The van der Waals surface area contributed by atoms with Gasteiger partial charge in [0.05, 0.1) is 32.0 Å². The van der Waals surface area contributed by atoms with Gasteiger partial charge in [-0.05, 0) is 44.9 Å². The second-order valence-electron chi connectivity index (χ2n) is 17.2. The summed E-state index contributed by atoms with van der Waals surface area (Å²) in [5.74, 6) is -0.256. The number of unbranched alkanes of at least 4 members (excludes halogenated alkanes) is 19. The van der Waals surface area contributed by atoms with E-state index in [1.165, 1.54) is 89.9 Å². The monoisotopic (exact) mass is 886 g/mol. The number of aliphatic hydroxyl groups is 8. The number of allylic oxidation sites excluding steroid dienone is 5. The average molecular weight is 886 g/mol. The van der Waals surface area contributed by atoms with Crippen molar-refractivity contribution < 1.29 is 64.6 Å². The summed E-state index contributed by atoms with van der Waals surface area (Å²) in [5, 5.41) is 86.5. The van der Waals surface area contributed by atoms with Crippen LogP contribution in [0.15, 0.2) is 36.5 Å². The first-order valence-corrected chi connectivity index (χ1v) is 24.2. The van der Waals surface area contributed by atoms with Gasteiger partial charge in [-0.2, -0.15) is 0 Å². The van der Waals surface area contributed by atoms with E-state index < -0.39 is 86.8 Å². The highest BCUT2D eigenvalue weighted by molar-refractivity contribution is 5.76. The lowest BCUT2D eigenvalue weighted by Gasteiger charge is -2.46. The van der Waals surface area contributed by atoms with Crippen LogP contribution in [0.3, 0.4) is 0 Å². The minimum Gasteiger partial charge on any atom is -0.394 e. The highest BCUT2D eigenvalue weighted by Gasteiger charge is 2.51. The first-order chi connectivity index (χ1) is 30.1. The number of nitrogens with one attached hydrogen (secondary N) is 1. The van der Waals surface area contributed by atoms with Gasteiger partial charge in [-0.15, -0.1) is 0 Å². The summed E-state index contributed by atoms with van der Waals surface area (Å²) in [4.78, 5) is 13.1. The highest BCUT2D eigenvalue weighted by atomic mass is 16.7. The molecule has 0 aromatic heterocycles. The number of hydrogen-bond donors (Lipinski definition) is 9. The zero-order valence-corrected chi connectivity index (χ0v) is 38.1. The number of rotatable bonds is 36. The minimum atomic E-state index is -1.79. The topological polar surface area (TPSA) is 228 Å². The molecule has 2 saturated heterocycles. The Labute approximate surface area is 372 Å². The molecule has 0 spiro atoms. The van der Waals surface area contributed by atoms with Crippen LogP contribution < -0.4 is 5.32 Å². The van der Waals surface area contributed by atoms with Gasteiger partial charge in [-0.3, -0.25) is 4.79 Å². The summed E-state index contributed by atoms with van der Waals surface area (Å²) < 4.78 is 22.6. The molecule has 62 heavy (non-hydrogen) atoms. The lowest BCUT2D eigenvalue weighted by molar-refractivity contribution is -0.359. The Balaban J connectivity index is 1.91. The average Bonchev–Trinajstić information content (AvgIpc) is 3.27. The summed E-state index contributed by atoms with van der Waals surface area (Å²) in [6, 6.07) is -0.932. The van der Waals surface area contributed by atoms with Crippen molar-refractivity contribution in [2.45, 2.75) is 242 Å². The Morgan fingerprint density at radius 1 is 0.565 bits per heavy atom. The molecule has 14 nitrogen and oxygen atoms in total.